The summed E-state index contributed by atoms with van der Waals surface area (Å²) in [4.78, 5) is 8.74. The van der Waals surface area contributed by atoms with Crippen LogP contribution in [-0.4, -0.2) is 29.3 Å². The quantitative estimate of drug-likeness (QED) is 0.231. The number of alkyl halides is 2. The molecule has 31 heavy (non-hydrogen) atoms. The molecular formula is C20H21ClF2IN5O2. The molecule has 0 amide bonds. The minimum absolute atomic E-state index is 0. The van der Waals surface area contributed by atoms with Gasteiger partial charge in [0.2, 0.25) is 11.7 Å². The van der Waals surface area contributed by atoms with E-state index in [4.69, 9.17) is 16.1 Å². The molecule has 0 aliphatic carbocycles. The third-order valence-electron chi connectivity index (χ3n) is 3.90. The van der Waals surface area contributed by atoms with Crippen molar-refractivity contribution in [2.75, 3.05) is 6.54 Å². The van der Waals surface area contributed by atoms with Crippen molar-refractivity contribution in [3.63, 3.8) is 0 Å². The van der Waals surface area contributed by atoms with E-state index >= 15 is 0 Å². The maximum atomic E-state index is 12.6. The van der Waals surface area contributed by atoms with E-state index < -0.39 is 6.61 Å². The molecule has 0 radical (unpaired) electrons. The molecule has 11 heteroatoms. The predicted molar refractivity (Wildman–Crippen MR) is 125 cm³/mol. The lowest BCUT2D eigenvalue weighted by Gasteiger charge is -2.11. The van der Waals surface area contributed by atoms with Gasteiger partial charge in [-0.3, -0.25) is 0 Å². The first-order valence-electron chi connectivity index (χ1n) is 9.18. The predicted octanol–water partition coefficient (Wildman–Crippen LogP) is 4.86. The largest absolute Gasteiger partial charge is 0.434 e. The van der Waals surface area contributed by atoms with Crippen LogP contribution in [0, 0.1) is 0 Å². The number of ether oxygens (including phenoxy) is 1. The molecule has 1 heterocycles. The van der Waals surface area contributed by atoms with Gasteiger partial charge in [0.25, 0.3) is 0 Å². The molecule has 0 saturated carbocycles. The average molecular weight is 564 g/mol. The number of hydrogen-bond acceptors (Lipinski definition) is 5. The van der Waals surface area contributed by atoms with Crippen LogP contribution in [0.1, 0.15) is 18.4 Å². The van der Waals surface area contributed by atoms with Gasteiger partial charge in [-0.2, -0.15) is 13.8 Å². The van der Waals surface area contributed by atoms with Crippen LogP contribution in [0.25, 0.3) is 11.4 Å². The van der Waals surface area contributed by atoms with Gasteiger partial charge in [0.15, 0.2) is 5.96 Å². The molecule has 2 N–H and O–H groups in total. The van der Waals surface area contributed by atoms with E-state index in [0.717, 1.165) is 5.56 Å². The zero-order valence-electron chi connectivity index (χ0n) is 16.5. The van der Waals surface area contributed by atoms with Crippen molar-refractivity contribution in [3.05, 3.63) is 65.0 Å². The number of para-hydroxylation sites is 1. The van der Waals surface area contributed by atoms with Crippen LogP contribution in [0.4, 0.5) is 8.78 Å². The van der Waals surface area contributed by atoms with E-state index in [0.29, 0.717) is 34.8 Å². The normalized spacial score (nSPS) is 11.2. The van der Waals surface area contributed by atoms with Gasteiger partial charge >= 0.3 is 6.61 Å². The second-order valence-corrected chi connectivity index (χ2v) is 6.49. The molecule has 3 aromatic rings. The highest BCUT2D eigenvalue weighted by Gasteiger charge is 2.11. The van der Waals surface area contributed by atoms with Crippen molar-refractivity contribution in [2.24, 2.45) is 4.99 Å². The summed E-state index contributed by atoms with van der Waals surface area (Å²) in [5.74, 6) is 1.34. The van der Waals surface area contributed by atoms with Gasteiger partial charge < -0.3 is 19.9 Å². The number of nitrogens with zero attached hydrogens (tertiary/aromatic N) is 3. The number of benzene rings is 2. The van der Waals surface area contributed by atoms with Crippen LogP contribution in [0.5, 0.6) is 5.75 Å². The molecule has 3 rings (SSSR count). The van der Waals surface area contributed by atoms with Crippen LogP contribution in [0.15, 0.2) is 58.0 Å². The van der Waals surface area contributed by atoms with Gasteiger partial charge in [0.05, 0.1) is 13.1 Å². The van der Waals surface area contributed by atoms with Crippen molar-refractivity contribution in [3.8, 4) is 17.1 Å². The highest BCUT2D eigenvalue weighted by atomic mass is 127. The molecule has 1 aromatic heterocycles. The fraction of sp³-hybridized carbons (Fsp3) is 0.250. The Morgan fingerprint density at radius 2 is 2.00 bits per heavy atom. The molecule has 0 spiro atoms. The SMILES string of the molecule is CCNC(=NCc1ccccc1OC(F)F)NCc1nc(-c2cccc(Cl)c2)no1.I. The Kier molecular flexibility index (Phi) is 9.92. The molecule has 0 atom stereocenters. The van der Waals surface area contributed by atoms with Gasteiger partial charge in [0, 0.05) is 22.7 Å². The molecule has 7 nitrogen and oxygen atoms in total. The fourth-order valence-electron chi connectivity index (χ4n) is 2.58. The summed E-state index contributed by atoms with van der Waals surface area (Å²) in [6.45, 7) is 0.00517. The minimum atomic E-state index is -2.90. The van der Waals surface area contributed by atoms with E-state index in [-0.39, 0.29) is 42.8 Å². The van der Waals surface area contributed by atoms with Crippen molar-refractivity contribution in [1.29, 1.82) is 0 Å². The maximum Gasteiger partial charge on any atom is 0.387 e. The van der Waals surface area contributed by atoms with Gasteiger partial charge in [0.1, 0.15) is 5.75 Å². The third kappa shape index (κ3) is 7.62. The third-order valence-corrected chi connectivity index (χ3v) is 4.13. The number of halogens is 4. The zero-order chi connectivity index (χ0) is 21.3. The highest BCUT2D eigenvalue weighted by Crippen LogP contribution is 2.21. The molecule has 0 aliphatic rings. The van der Waals surface area contributed by atoms with Crippen molar-refractivity contribution < 1.29 is 18.0 Å². The van der Waals surface area contributed by atoms with Gasteiger partial charge in [-0.15, -0.1) is 24.0 Å². The Labute approximate surface area is 200 Å². The Hall–Kier alpha value is -2.47. The smallest absolute Gasteiger partial charge is 0.387 e. The first-order valence-corrected chi connectivity index (χ1v) is 9.56. The van der Waals surface area contributed by atoms with Crippen LogP contribution >= 0.6 is 35.6 Å². The van der Waals surface area contributed by atoms with Crippen LogP contribution in [-0.2, 0) is 13.1 Å². The zero-order valence-corrected chi connectivity index (χ0v) is 19.6. The average Bonchev–Trinajstić information content (AvgIpc) is 3.20. The summed E-state index contributed by atoms with van der Waals surface area (Å²) in [5.41, 5.74) is 1.28. The van der Waals surface area contributed by atoms with Crippen LogP contribution < -0.4 is 15.4 Å². The number of aromatic nitrogens is 2. The molecule has 0 aliphatic heterocycles. The fourth-order valence-corrected chi connectivity index (χ4v) is 2.77. The highest BCUT2D eigenvalue weighted by molar-refractivity contribution is 14.0. The molecule has 2 aromatic carbocycles. The maximum absolute atomic E-state index is 12.6. The van der Waals surface area contributed by atoms with E-state index in [9.17, 15) is 8.78 Å². The second-order valence-electron chi connectivity index (χ2n) is 6.06. The molecular weight excluding hydrogens is 543 g/mol. The summed E-state index contributed by atoms with van der Waals surface area (Å²) in [6.07, 6.45) is 0. The lowest BCUT2D eigenvalue weighted by atomic mass is 10.2. The van der Waals surface area contributed by atoms with Crippen LogP contribution in [0.3, 0.4) is 0 Å². The summed E-state index contributed by atoms with van der Waals surface area (Å²) in [6, 6.07) is 13.7. The monoisotopic (exact) mass is 563 g/mol. The molecule has 0 saturated heterocycles. The molecule has 0 fully saturated rings. The summed E-state index contributed by atoms with van der Waals surface area (Å²) in [7, 11) is 0. The van der Waals surface area contributed by atoms with E-state index in [2.05, 4.69) is 30.5 Å². The number of guanidine groups is 1. The van der Waals surface area contributed by atoms with Crippen LogP contribution in [0.2, 0.25) is 5.02 Å². The first kappa shape index (κ1) is 24.8. The first-order chi connectivity index (χ1) is 14.5. The van der Waals surface area contributed by atoms with E-state index in [1.54, 1.807) is 36.4 Å². The Morgan fingerprint density at radius 1 is 1.19 bits per heavy atom. The Balaban J connectivity index is 0.00000341. The minimum Gasteiger partial charge on any atom is -0.434 e. The number of nitrogens with one attached hydrogen (secondary N) is 2. The number of aliphatic imine (C=N–C) groups is 1. The van der Waals surface area contributed by atoms with Crippen molar-refractivity contribution in [1.82, 2.24) is 20.8 Å². The van der Waals surface area contributed by atoms with E-state index in [1.165, 1.54) is 6.07 Å². The summed E-state index contributed by atoms with van der Waals surface area (Å²) in [5, 5.41) is 10.7. The Morgan fingerprint density at radius 3 is 2.74 bits per heavy atom. The number of rotatable bonds is 8. The van der Waals surface area contributed by atoms with Gasteiger partial charge in [-0.05, 0) is 25.1 Å². The lowest BCUT2D eigenvalue weighted by molar-refractivity contribution is -0.0504. The molecule has 166 valence electrons. The number of hydrogen-bond donors (Lipinski definition) is 2. The standard InChI is InChI=1S/C20H20ClF2N5O2.HI/c1-2-24-20(25-11-14-6-3-4-9-16(14)29-19(22)23)26-12-17-27-18(28-30-17)13-7-5-8-15(21)10-13;/h3-10,19H,2,11-12H2,1H3,(H2,24,25,26);1H. The van der Waals surface area contributed by atoms with E-state index in [1.807, 2.05) is 13.0 Å². The van der Waals surface area contributed by atoms with Gasteiger partial charge in [-0.25, -0.2) is 4.99 Å². The van der Waals surface area contributed by atoms with Crippen molar-refractivity contribution in [2.45, 2.75) is 26.6 Å². The molecule has 0 unspecified atom stereocenters. The second kappa shape index (κ2) is 12.4. The Bertz CT molecular complexity index is 1000. The molecule has 0 bridgehead atoms. The summed E-state index contributed by atoms with van der Waals surface area (Å²) < 4.78 is 34.9. The van der Waals surface area contributed by atoms with Gasteiger partial charge in [-0.1, -0.05) is 47.1 Å². The lowest BCUT2D eigenvalue weighted by Crippen LogP contribution is -2.36. The topological polar surface area (TPSA) is 84.6 Å². The summed E-state index contributed by atoms with van der Waals surface area (Å²) >= 11 is 5.99. The van der Waals surface area contributed by atoms with Crippen molar-refractivity contribution >= 4 is 41.5 Å².